The summed E-state index contributed by atoms with van der Waals surface area (Å²) in [6.07, 6.45) is 10.5. The average Bonchev–Trinajstić information content (AvgIpc) is 3.28. The Bertz CT molecular complexity index is 927. The van der Waals surface area contributed by atoms with E-state index in [2.05, 4.69) is 18.2 Å². The topological polar surface area (TPSA) is 94.8 Å². The summed E-state index contributed by atoms with van der Waals surface area (Å²) in [7, 11) is 0. The average molecular weight is 457 g/mol. The van der Waals surface area contributed by atoms with Crippen molar-refractivity contribution in [3.8, 4) is 0 Å². The predicted octanol–water partition coefficient (Wildman–Crippen LogP) is 4.91. The van der Waals surface area contributed by atoms with Gasteiger partial charge in [-0.25, -0.2) is 0 Å². The summed E-state index contributed by atoms with van der Waals surface area (Å²) in [6, 6.07) is 10.5. The molecule has 1 aromatic heterocycles. The van der Waals surface area contributed by atoms with Crippen LogP contribution in [0.3, 0.4) is 0 Å². The minimum Gasteiger partial charge on any atom is -0.481 e. The molecule has 4 atom stereocenters. The molecule has 32 heavy (non-hydrogen) atoms. The van der Waals surface area contributed by atoms with Gasteiger partial charge in [0.1, 0.15) is 5.78 Å². The molecule has 1 aliphatic rings. The molecule has 0 radical (unpaired) electrons. The molecular weight excluding hydrogens is 424 g/mol. The lowest BCUT2D eigenvalue weighted by molar-refractivity contribution is -0.137. The van der Waals surface area contributed by atoms with Crippen LogP contribution in [0.5, 0.6) is 0 Å². The van der Waals surface area contributed by atoms with Crippen molar-refractivity contribution in [1.29, 1.82) is 0 Å². The van der Waals surface area contributed by atoms with Gasteiger partial charge in [0.15, 0.2) is 0 Å². The molecule has 1 fully saturated rings. The number of aryl methyl sites for hydroxylation is 1. The number of aliphatic carboxylic acids is 1. The van der Waals surface area contributed by atoms with Gasteiger partial charge < -0.3 is 15.3 Å². The molecule has 0 aliphatic heterocycles. The molecule has 0 amide bonds. The molecule has 172 valence electrons. The number of ketones is 1. The summed E-state index contributed by atoms with van der Waals surface area (Å²) in [5.41, 5.74) is 0. The molecule has 0 saturated heterocycles. The number of fused-ring (bicyclic) bond motifs is 1. The van der Waals surface area contributed by atoms with E-state index in [9.17, 15) is 19.8 Å². The normalized spacial score (nSPS) is 22.4. The Morgan fingerprint density at radius 1 is 1.22 bits per heavy atom. The fourth-order valence-corrected chi connectivity index (χ4v) is 5.36. The van der Waals surface area contributed by atoms with Crippen molar-refractivity contribution < 1.29 is 24.9 Å². The molecule has 6 heteroatoms. The molecule has 3 N–H and O–H groups in total. The highest BCUT2D eigenvalue weighted by atomic mass is 32.1. The summed E-state index contributed by atoms with van der Waals surface area (Å²) < 4.78 is 1.28. The van der Waals surface area contributed by atoms with Gasteiger partial charge in [0, 0.05) is 34.3 Å². The summed E-state index contributed by atoms with van der Waals surface area (Å²) in [6.45, 7) is 0. The van der Waals surface area contributed by atoms with Crippen LogP contribution in [0.4, 0.5) is 0 Å². The van der Waals surface area contributed by atoms with E-state index < -0.39 is 18.2 Å². The molecular formula is C26H32O5S. The van der Waals surface area contributed by atoms with Gasteiger partial charge in [0.05, 0.1) is 12.2 Å². The standard InChI is InChI=1S/C26H32O5S/c27-19(9-7-10-20-16-18-8-5-6-12-25(18)32-20)14-15-22-21(23(28)17-24(22)29)11-3-1-2-4-13-26(30)31/h1,3,5-6,8,12,14-16,19,21-22,24,27,29H,2,4,7,9-11,13,17H2,(H,30,31)/t19?,21-,22-,24-/m1/s1. The van der Waals surface area contributed by atoms with E-state index in [4.69, 9.17) is 5.11 Å². The highest BCUT2D eigenvalue weighted by Gasteiger charge is 2.39. The third-order valence-electron chi connectivity index (χ3n) is 6.01. The zero-order valence-corrected chi connectivity index (χ0v) is 19.0. The first-order chi connectivity index (χ1) is 15.4. The van der Waals surface area contributed by atoms with Crippen molar-refractivity contribution in [2.45, 2.75) is 63.6 Å². The fraction of sp³-hybridized carbons (Fsp3) is 0.462. The third-order valence-corrected chi connectivity index (χ3v) is 7.18. The number of aliphatic hydroxyl groups is 2. The number of unbranched alkanes of at least 4 members (excludes halogenated alkanes) is 1. The number of carbonyl (C=O) groups is 2. The van der Waals surface area contributed by atoms with Gasteiger partial charge in [-0.2, -0.15) is 0 Å². The van der Waals surface area contributed by atoms with Crippen LogP contribution in [0.2, 0.25) is 0 Å². The number of rotatable bonds is 12. The number of carbonyl (C=O) groups excluding carboxylic acids is 1. The Kier molecular flexibility index (Phi) is 9.21. The molecule has 1 aliphatic carbocycles. The van der Waals surface area contributed by atoms with Crippen LogP contribution in [0, 0.1) is 11.8 Å². The minimum atomic E-state index is -0.805. The summed E-state index contributed by atoms with van der Waals surface area (Å²) in [5, 5.41) is 30.6. The van der Waals surface area contributed by atoms with E-state index in [0.717, 1.165) is 12.8 Å². The van der Waals surface area contributed by atoms with Crippen LogP contribution in [-0.2, 0) is 16.0 Å². The first kappa shape index (κ1) is 24.4. The second kappa shape index (κ2) is 12.1. The van der Waals surface area contributed by atoms with E-state index in [1.165, 1.54) is 15.0 Å². The van der Waals surface area contributed by atoms with Crippen molar-refractivity contribution in [3.05, 3.63) is 59.5 Å². The van der Waals surface area contributed by atoms with Crippen LogP contribution in [0.25, 0.3) is 10.1 Å². The van der Waals surface area contributed by atoms with Crippen molar-refractivity contribution >= 4 is 33.2 Å². The fourth-order valence-electron chi connectivity index (χ4n) is 4.26. The molecule has 2 aromatic rings. The number of thiophene rings is 1. The Labute approximate surface area is 193 Å². The SMILES string of the molecule is O=C(O)CCCC=CC[C@H]1C(=O)C[C@@H](O)[C@@H]1C=CC(O)CCCc1cc2ccccc2s1. The monoisotopic (exact) mass is 456 g/mol. The predicted molar refractivity (Wildman–Crippen MR) is 128 cm³/mol. The zero-order valence-electron chi connectivity index (χ0n) is 18.2. The molecule has 0 bridgehead atoms. The largest absolute Gasteiger partial charge is 0.481 e. The highest BCUT2D eigenvalue weighted by Crippen LogP contribution is 2.33. The van der Waals surface area contributed by atoms with Crippen LogP contribution >= 0.6 is 11.3 Å². The molecule has 1 heterocycles. The van der Waals surface area contributed by atoms with E-state index in [1.807, 2.05) is 30.4 Å². The third kappa shape index (κ3) is 7.12. The number of hydrogen-bond donors (Lipinski definition) is 3. The first-order valence-electron chi connectivity index (χ1n) is 11.4. The van der Waals surface area contributed by atoms with E-state index in [-0.39, 0.29) is 30.5 Å². The van der Waals surface area contributed by atoms with Gasteiger partial charge in [0.25, 0.3) is 0 Å². The first-order valence-corrected chi connectivity index (χ1v) is 12.2. The van der Waals surface area contributed by atoms with E-state index in [1.54, 1.807) is 17.4 Å². The Balaban J connectivity index is 1.45. The van der Waals surface area contributed by atoms with Crippen LogP contribution in [0.15, 0.2) is 54.6 Å². The Hall–Kier alpha value is -2.28. The van der Waals surface area contributed by atoms with Crippen LogP contribution in [0.1, 0.15) is 49.8 Å². The molecule has 5 nitrogen and oxygen atoms in total. The molecule has 0 spiro atoms. The smallest absolute Gasteiger partial charge is 0.303 e. The molecule has 1 unspecified atom stereocenters. The van der Waals surface area contributed by atoms with Crippen LogP contribution in [-0.4, -0.2) is 39.3 Å². The second-order valence-corrected chi connectivity index (χ2v) is 9.68. The number of carboxylic acids is 1. The van der Waals surface area contributed by atoms with Gasteiger partial charge in [-0.15, -0.1) is 11.3 Å². The number of benzene rings is 1. The van der Waals surface area contributed by atoms with Gasteiger partial charge in [0.2, 0.25) is 0 Å². The van der Waals surface area contributed by atoms with Gasteiger partial charge in [-0.3, -0.25) is 9.59 Å². The molecule has 3 rings (SSSR count). The maximum atomic E-state index is 12.3. The van der Waals surface area contributed by atoms with Crippen molar-refractivity contribution in [1.82, 2.24) is 0 Å². The number of carboxylic acid groups (broad SMARTS) is 1. The van der Waals surface area contributed by atoms with Gasteiger partial charge in [-0.1, -0.05) is 42.5 Å². The Morgan fingerprint density at radius 2 is 2.03 bits per heavy atom. The maximum Gasteiger partial charge on any atom is 0.303 e. The maximum absolute atomic E-state index is 12.3. The zero-order chi connectivity index (χ0) is 22.9. The summed E-state index contributed by atoms with van der Waals surface area (Å²) >= 11 is 1.79. The summed E-state index contributed by atoms with van der Waals surface area (Å²) in [4.78, 5) is 24.1. The number of Topliss-reactive ketones (excluding diaryl/α,β-unsaturated/α-hetero) is 1. The lowest BCUT2D eigenvalue weighted by Crippen LogP contribution is -2.18. The summed E-state index contributed by atoms with van der Waals surface area (Å²) in [5.74, 6) is -1.34. The Morgan fingerprint density at radius 3 is 2.81 bits per heavy atom. The lowest BCUT2D eigenvalue weighted by Gasteiger charge is -2.16. The van der Waals surface area contributed by atoms with Crippen LogP contribution < -0.4 is 0 Å². The van der Waals surface area contributed by atoms with Crippen molar-refractivity contribution in [2.75, 3.05) is 0 Å². The highest BCUT2D eigenvalue weighted by molar-refractivity contribution is 7.19. The van der Waals surface area contributed by atoms with Gasteiger partial charge >= 0.3 is 5.97 Å². The van der Waals surface area contributed by atoms with E-state index >= 15 is 0 Å². The molecule has 1 saturated carbocycles. The van der Waals surface area contributed by atoms with Crippen molar-refractivity contribution in [2.24, 2.45) is 11.8 Å². The lowest BCUT2D eigenvalue weighted by atomic mass is 9.90. The second-order valence-electron chi connectivity index (χ2n) is 8.51. The van der Waals surface area contributed by atoms with Crippen molar-refractivity contribution in [3.63, 3.8) is 0 Å². The minimum absolute atomic E-state index is 0.0431. The number of aliphatic hydroxyl groups excluding tert-OH is 2. The number of hydrogen-bond acceptors (Lipinski definition) is 5. The van der Waals surface area contributed by atoms with Gasteiger partial charge in [-0.05, 0) is 56.0 Å². The van der Waals surface area contributed by atoms with E-state index in [0.29, 0.717) is 25.7 Å². The quantitative estimate of drug-likeness (QED) is 0.312. The number of allylic oxidation sites excluding steroid dienone is 2. The molecule has 1 aromatic carbocycles.